The van der Waals surface area contributed by atoms with Crippen LogP contribution in [0.25, 0.3) is 0 Å². The van der Waals surface area contributed by atoms with Crippen molar-refractivity contribution >= 4 is 17.3 Å². The van der Waals surface area contributed by atoms with E-state index in [9.17, 15) is 4.79 Å². The van der Waals surface area contributed by atoms with Gasteiger partial charge in [0.1, 0.15) is 5.75 Å². The largest absolute Gasteiger partial charge is 0.493 e. The summed E-state index contributed by atoms with van der Waals surface area (Å²) in [7, 11) is 0. The van der Waals surface area contributed by atoms with E-state index in [2.05, 4.69) is 41.1 Å². The molecule has 32 heavy (non-hydrogen) atoms. The van der Waals surface area contributed by atoms with E-state index >= 15 is 0 Å². The van der Waals surface area contributed by atoms with Crippen molar-refractivity contribution in [2.45, 2.75) is 64.1 Å². The zero-order valence-corrected chi connectivity index (χ0v) is 19.3. The summed E-state index contributed by atoms with van der Waals surface area (Å²) in [6.45, 7) is 7.16. The number of carbonyl (C=O) groups is 1. The Kier molecular flexibility index (Phi) is 6.09. The second kappa shape index (κ2) is 9.14. The molecule has 1 N–H and O–H groups in total. The Balaban J connectivity index is 1.15. The minimum atomic E-state index is -0.0982. The van der Waals surface area contributed by atoms with Crippen molar-refractivity contribution in [1.82, 2.24) is 4.90 Å². The third kappa shape index (κ3) is 4.49. The third-order valence-electron chi connectivity index (χ3n) is 7.28. The first kappa shape index (κ1) is 21.3. The molecule has 1 atom stereocenters. The van der Waals surface area contributed by atoms with Crippen molar-refractivity contribution < 1.29 is 9.53 Å². The second-order valence-electron chi connectivity index (χ2n) is 10.0. The molecule has 0 radical (unpaired) electrons. The lowest BCUT2D eigenvalue weighted by Crippen LogP contribution is -2.40. The number of hydrogen-bond acceptors (Lipinski definition) is 4. The molecule has 0 aromatic heterocycles. The minimum absolute atomic E-state index is 0.0982. The van der Waals surface area contributed by atoms with Gasteiger partial charge in [0.2, 0.25) is 0 Å². The first-order valence-electron chi connectivity index (χ1n) is 12.2. The fraction of sp³-hybridized carbons (Fsp3) is 0.519. The Hall–Kier alpha value is -2.53. The van der Waals surface area contributed by atoms with Gasteiger partial charge in [-0.1, -0.05) is 13.8 Å². The Bertz CT molecular complexity index is 905. The van der Waals surface area contributed by atoms with Gasteiger partial charge in [-0.2, -0.15) is 0 Å². The van der Waals surface area contributed by atoms with Gasteiger partial charge in [0.05, 0.1) is 6.61 Å². The highest BCUT2D eigenvalue weighted by Crippen LogP contribution is 2.41. The number of amides is 1. The highest BCUT2D eigenvalue weighted by atomic mass is 16.5. The molecule has 5 nitrogen and oxygen atoms in total. The highest BCUT2D eigenvalue weighted by Gasteiger charge is 2.44. The van der Waals surface area contributed by atoms with Gasteiger partial charge in [-0.15, -0.1) is 0 Å². The summed E-state index contributed by atoms with van der Waals surface area (Å²) >= 11 is 0. The SMILES string of the molecule is CC(C)COc1ccc(C(=O)Nc2ccc(N3CCC(N4C5CCC4CC5)C3)cc2)cc1. The van der Waals surface area contributed by atoms with E-state index < -0.39 is 0 Å². The topological polar surface area (TPSA) is 44.8 Å². The maximum absolute atomic E-state index is 12.6. The summed E-state index contributed by atoms with van der Waals surface area (Å²) in [6, 6.07) is 18.1. The molecule has 1 unspecified atom stereocenters. The Morgan fingerprint density at radius 2 is 1.59 bits per heavy atom. The molecule has 5 rings (SSSR count). The Morgan fingerprint density at radius 1 is 0.938 bits per heavy atom. The maximum atomic E-state index is 12.6. The number of rotatable bonds is 7. The van der Waals surface area contributed by atoms with E-state index in [1.54, 1.807) is 0 Å². The first-order chi connectivity index (χ1) is 15.6. The molecule has 2 aromatic carbocycles. The third-order valence-corrected chi connectivity index (χ3v) is 7.28. The van der Waals surface area contributed by atoms with Crippen LogP contribution in [-0.2, 0) is 0 Å². The van der Waals surface area contributed by atoms with Gasteiger partial charge in [0.15, 0.2) is 0 Å². The van der Waals surface area contributed by atoms with Crippen LogP contribution in [0.15, 0.2) is 48.5 Å². The van der Waals surface area contributed by atoms with Gasteiger partial charge < -0.3 is 15.0 Å². The zero-order valence-electron chi connectivity index (χ0n) is 19.3. The molecule has 5 heteroatoms. The lowest BCUT2D eigenvalue weighted by atomic mass is 10.0. The molecule has 2 bridgehead atoms. The van der Waals surface area contributed by atoms with Crippen molar-refractivity contribution in [1.29, 1.82) is 0 Å². The molecule has 3 saturated heterocycles. The van der Waals surface area contributed by atoms with Crippen LogP contribution in [0.1, 0.15) is 56.3 Å². The van der Waals surface area contributed by atoms with Crippen molar-refractivity contribution in [3.63, 3.8) is 0 Å². The fourth-order valence-corrected chi connectivity index (χ4v) is 5.69. The smallest absolute Gasteiger partial charge is 0.255 e. The van der Waals surface area contributed by atoms with Gasteiger partial charge in [0.25, 0.3) is 5.91 Å². The summed E-state index contributed by atoms with van der Waals surface area (Å²) in [5.41, 5.74) is 2.71. The molecule has 3 fully saturated rings. The van der Waals surface area contributed by atoms with Gasteiger partial charge in [-0.05, 0) is 86.6 Å². The maximum Gasteiger partial charge on any atom is 0.255 e. The van der Waals surface area contributed by atoms with Gasteiger partial charge in [0, 0.05) is 48.2 Å². The number of benzene rings is 2. The van der Waals surface area contributed by atoms with Crippen LogP contribution >= 0.6 is 0 Å². The monoisotopic (exact) mass is 433 g/mol. The van der Waals surface area contributed by atoms with Gasteiger partial charge in [-0.3, -0.25) is 9.69 Å². The molecule has 3 aliphatic rings. The lowest BCUT2D eigenvalue weighted by Gasteiger charge is -2.29. The fourth-order valence-electron chi connectivity index (χ4n) is 5.69. The van der Waals surface area contributed by atoms with Crippen LogP contribution in [0.2, 0.25) is 0 Å². The molecule has 0 saturated carbocycles. The number of carbonyl (C=O) groups excluding carboxylic acids is 1. The van der Waals surface area contributed by atoms with Gasteiger partial charge >= 0.3 is 0 Å². The summed E-state index contributed by atoms with van der Waals surface area (Å²) in [5.74, 6) is 1.17. The lowest BCUT2D eigenvalue weighted by molar-refractivity contribution is 0.102. The minimum Gasteiger partial charge on any atom is -0.493 e. The van der Waals surface area contributed by atoms with Crippen LogP contribution in [0.3, 0.4) is 0 Å². The molecule has 0 spiro atoms. The Labute approximate surface area is 191 Å². The standard InChI is InChI=1S/C27H35N3O2/c1-19(2)18-32-26-13-3-20(4-14-26)27(31)28-21-5-7-22(8-6-21)29-16-15-25(17-29)30-23-9-10-24(30)12-11-23/h3-8,13-14,19,23-25H,9-12,15-18H2,1-2H3,(H,28,31). The summed E-state index contributed by atoms with van der Waals surface area (Å²) < 4.78 is 5.70. The normalized spacial score (nSPS) is 25.0. The summed E-state index contributed by atoms with van der Waals surface area (Å²) in [5, 5.41) is 3.01. The van der Waals surface area contributed by atoms with Crippen LogP contribution in [-0.4, -0.2) is 48.6 Å². The van der Waals surface area contributed by atoms with E-state index in [0.29, 0.717) is 24.1 Å². The summed E-state index contributed by atoms with van der Waals surface area (Å²) in [6.07, 6.45) is 6.89. The quantitative estimate of drug-likeness (QED) is 0.654. The van der Waals surface area contributed by atoms with Crippen molar-refractivity contribution in [2.75, 3.05) is 29.9 Å². The molecular formula is C27H35N3O2. The molecular weight excluding hydrogens is 398 g/mol. The number of ether oxygens (including phenoxy) is 1. The number of nitrogens with one attached hydrogen (secondary N) is 1. The zero-order chi connectivity index (χ0) is 22.1. The second-order valence-corrected chi connectivity index (χ2v) is 10.0. The highest BCUT2D eigenvalue weighted by molar-refractivity contribution is 6.04. The van der Waals surface area contributed by atoms with Crippen LogP contribution in [0, 0.1) is 5.92 Å². The van der Waals surface area contributed by atoms with Crippen LogP contribution < -0.4 is 15.0 Å². The van der Waals surface area contributed by atoms with E-state index in [1.807, 2.05) is 36.4 Å². The van der Waals surface area contributed by atoms with Gasteiger partial charge in [-0.25, -0.2) is 0 Å². The average Bonchev–Trinajstić information content (AvgIpc) is 3.54. The van der Waals surface area contributed by atoms with E-state index in [-0.39, 0.29) is 5.91 Å². The van der Waals surface area contributed by atoms with E-state index in [1.165, 1.54) is 37.8 Å². The van der Waals surface area contributed by atoms with Crippen LogP contribution in [0.5, 0.6) is 5.75 Å². The Morgan fingerprint density at radius 3 is 2.22 bits per heavy atom. The first-order valence-corrected chi connectivity index (χ1v) is 12.2. The molecule has 3 heterocycles. The van der Waals surface area contributed by atoms with E-state index in [4.69, 9.17) is 4.74 Å². The number of nitrogens with zero attached hydrogens (tertiary/aromatic N) is 2. The summed E-state index contributed by atoms with van der Waals surface area (Å²) in [4.78, 5) is 18.0. The van der Waals surface area contributed by atoms with Crippen LogP contribution in [0.4, 0.5) is 11.4 Å². The predicted octanol–water partition coefficient (Wildman–Crippen LogP) is 5.18. The van der Waals surface area contributed by atoms with E-state index in [0.717, 1.165) is 36.6 Å². The average molecular weight is 434 g/mol. The molecule has 2 aromatic rings. The van der Waals surface area contributed by atoms with Crippen molar-refractivity contribution in [2.24, 2.45) is 5.92 Å². The van der Waals surface area contributed by atoms with Crippen molar-refractivity contribution in [3.05, 3.63) is 54.1 Å². The predicted molar refractivity (Wildman–Crippen MR) is 130 cm³/mol. The van der Waals surface area contributed by atoms with Crippen molar-refractivity contribution in [3.8, 4) is 5.75 Å². The number of anilines is 2. The number of fused-ring (bicyclic) bond motifs is 2. The molecule has 0 aliphatic carbocycles. The molecule has 170 valence electrons. The molecule has 1 amide bonds. The number of hydrogen-bond donors (Lipinski definition) is 1. The molecule has 3 aliphatic heterocycles.